The van der Waals surface area contributed by atoms with E-state index in [1.54, 1.807) is 12.1 Å². The molecule has 19 heavy (non-hydrogen) atoms. The molecule has 2 atom stereocenters. The number of hydrogen-bond donors (Lipinski definition) is 2. The highest BCUT2D eigenvalue weighted by molar-refractivity contribution is 5.79. The second kappa shape index (κ2) is 5.79. The number of carbonyl (C=O) groups excluding carboxylic acids is 1. The molecule has 0 spiro atoms. The molecule has 0 saturated carbocycles. The topological polar surface area (TPSA) is 84.3 Å². The number of nitro benzene ring substituents is 1. The Morgan fingerprint density at radius 3 is 3.00 bits per heavy atom. The lowest BCUT2D eigenvalue weighted by molar-refractivity contribution is -0.384. The monoisotopic (exact) mass is 263 g/mol. The minimum absolute atomic E-state index is 0.00106. The van der Waals surface area contributed by atoms with Crippen molar-refractivity contribution < 1.29 is 9.72 Å². The molecule has 0 aliphatic carbocycles. The summed E-state index contributed by atoms with van der Waals surface area (Å²) in [5.74, 6) is 0.00477. The molecule has 6 nitrogen and oxygen atoms in total. The SMILES string of the molecule is CC(NC(=O)C1CCNC1)c1cccc([N+](=O)[O-])c1. The Morgan fingerprint density at radius 2 is 2.37 bits per heavy atom. The van der Waals surface area contributed by atoms with Crippen molar-refractivity contribution in [3.8, 4) is 0 Å². The molecule has 0 aromatic heterocycles. The Labute approximate surface area is 111 Å². The van der Waals surface area contributed by atoms with Crippen LogP contribution in [0.2, 0.25) is 0 Å². The van der Waals surface area contributed by atoms with Crippen molar-refractivity contribution in [2.24, 2.45) is 5.92 Å². The number of benzene rings is 1. The van der Waals surface area contributed by atoms with E-state index in [2.05, 4.69) is 10.6 Å². The molecule has 6 heteroatoms. The Hall–Kier alpha value is -1.95. The molecule has 1 saturated heterocycles. The van der Waals surface area contributed by atoms with Crippen LogP contribution in [0, 0.1) is 16.0 Å². The number of nitrogens with one attached hydrogen (secondary N) is 2. The van der Waals surface area contributed by atoms with Crippen molar-refractivity contribution in [3.05, 3.63) is 39.9 Å². The van der Waals surface area contributed by atoms with Gasteiger partial charge in [-0.25, -0.2) is 0 Å². The minimum atomic E-state index is -0.432. The molecule has 1 aliphatic heterocycles. The van der Waals surface area contributed by atoms with Gasteiger partial charge in [-0.05, 0) is 25.5 Å². The third-order valence-electron chi connectivity index (χ3n) is 3.37. The first-order valence-corrected chi connectivity index (χ1v) is 6.33. The van der Waals surface area contributed by atoms with E-state index < -0.39 is 4.92 Å². The maximum atomic E-state index is 12.0. The fourth-order valence-corrected chi connectivity index (χ4v) is 2.20. The van der Waals surface area contributed by atoms with E-state index in [1.807, 2.05) is 6.92 Å². The van der Waals surface area contributed by atoms with Crippen LogP contribution in [-0.4, -0.2) is 23.9 Å². The Balaban J connectivity index is 2.02. The zero-order chi connectivity index (χ0) is 13.8. The summed E-state index contributed by atoms with van der Waals surface area (Å²) < 4.78 is 0. The number of nitrogens with zero attached hydrogens (tertiary/aromatic N) is 1. The molecule has 1 aliphatic rings. The van der Waals surface area contributed by atoms with Crippen LogP contribution < -0.4 is 10.6 Å². The molecule has 1 heterocycles. The van der Waals surface area contributed by atoms with Gasteiger partial charge in [0.1, 0.15) is 0 Å². The lowest BCUT2D eigenvalue weighted by Gasteiger charge is -2.16. The maximum Gasteiger partial charge on any atom is 0.269 e. The average molecular weight is 263 g/mol. The summed E-state index contributed by atoms with van der Waals surface area (Å²) in [5.41, 5.74) is 0.787. The lowest BCUT2D eigenvalue weighted by atomic mass is 10.0. The van der Waals surface area contributed by atoms with Crippen molar-refractivity contribution in [1.82, 2.24) is 10.6 Å². The van der Waals surface area contributed by atoms with Crippen LogP contribution in [-0.2, 0) is 4.79 Å². The van der Waals surface area contributed by atoms with E-state index in [0.717, 1.165) is 18.5 Å². The quantitative estimate of drug-likeness (QED) is 0.635. The van der Waals surface area contributed by atoms with Gasteiger partial charge in [-0.15, -0.1) is 0 Å². The molecule has 1 aromatic carbocycles. The van der Waals surface area contributed by atoms with E-state index in [9.17, 15) is 14.9 Å². The van der Waals surface area contributed by atoms with E-state index in [4.69, 9.17) is 0 Å². The molecule has 0 radical (unpaired) electrons. The standard InChI is InChI=1S/C13H17N3O3/c1-9(15-13(17)11-5-6-14-8-11)10-3-2-4-12(7-10)16(18)19/h2-4,7,9,11,14H,5-6,8H2,1H3,(H,15,17). The van der Waals surface area contributed by atoms with Gasteiger partial charge in [0.2, 0.25) is 5.91 Å². The van der Waals surface area contributed by atoms with Crippen LogP contribution in [0.25, 0.3) is 0 Å². The Kier molecular flexibility index (Phi) is 4.11. The van der Waals surface area contributed by atoms with Gasteiger partial charge in [-0.3, -0.25) is 14.9 Å². The van der Waals surface area contributed by atoms with Gasteiger partial charge >= 0.3 is 0 Å². The number of amides is 1. The largest absolute Gasteiger partial charge is 0.349 e. The van der Waals surface area contributed by atoms with Crippen LogP contribution in [0.15, 0.2) is 24.3 Å². The van der Waals surface area contributed by atoms with Crippen molar-refractivity contribution in [2.45, 2.75) is 19.4 Å². The lowest BCUT2D eigenvalue weighted by Crippen LogP contribution is -2.33. The molecule has 1 aromatic rings. The highest BCUT2D eigenvalue weighted by Gasteiger charge is 2.24. The second-order valence-corrected chi connectivity index (χ2v) is 4.77. The van der Waals surface area contributed by atoms with Gasteiger partial charge in [0, 0.05) is 18.7 Å². The van der Waals surface area contributed by atoms with E-state index in [0.29, 0.717) is 6.54 Å². The summed E-state index contributed by atoms with van der Waals surface area (Å²) in [6, 6.07) is 6.13. The zero-order valence-electron chi connectivity index (χ0n) is 10.8. The molecular weight excluding hydrogens is 246 g/mol. The molecule has 1 amide bonds. The molecule has 102 valence electrons. The minimum Gasteiger partial charge on any atom is -0.349 e. The van der Waals surface area contributed by atoms with Crippen LogP contribution in [0.1, 0.15) is 24.9 Å². The summed E-state index contributed by atoms with van der Waals surface area (Å²) in [4.78, 5) is 22.2. The number of rotatable bonds is 4. The summed E-state index contributed by atoms with van der Waals surface area (Å²) >= 11 is 0. The molecule has 0 bridgehead atoms. The van der Waals surface area contributed by atoms with Crippen LogP contribution >= 0.6 is 0 Å². The number of nitro groups is 1. The van der Waals surface area contributed by atoms with Gasteiger partial charge in [0.25, 0.3) is 5.69 Å². The number of carbonyl (C=O) groups is 1. The molecule has 2 rings (SSSR count). The number of hydrogen-bond acceptors (Lipinski definition) is 4. The highest BCUT2D eigenvalue weighted by Crippen LogP contribution is 2.19. The van der Waals surface area contributed by atoms with E-state index in [-0.39, 0.29) is 23.6 Å². The van der Waals surface area contributed by atoms with Crippen molar-refractivity contribution in [2.75, 3.05) is 13.1 Å². The first-order chi connectivity index (χ1) is 9.08. The first-order valence-electron chi connectivity index (χ1n) is 6.33. The first kappa shape index (κ1) is 13.5. The summed E-state index contributed by atoms with van der Waals surface area (Å²) in [6.07, 6.45) is 0.841. The van der Waals surface area contributed by atoms with Crippen LogP contribution in [0.3, 0.4) is 0 Å². The van der Waals surface area contributed by atoms with Gasteiger partial charge in [-0.1, -0.05) is 12.1 Å². The highest BCUT2D eigenvalue weighted by atomic mass is 16.6. The third kappa shape index (κ3) is 3.29. The number of non-ortho nitro benzene ring substituents is 1. The fraction of sp³-hybridized carbons (Fsp3) is 0.462. The zero-order valence-corrected chi connectivity index (χ0v) is 10.8. The third-order valence-corrected chi connectivity index (χ3v) is 3.37. The fourth-order valence-electron chi connectivity index (χ4n) is 2.20. The molecule has 2 N–H and O–H groups in total. The Morgan fingerprint density at radius 1 is 1.58 bits per heavy atom. The smallest absolute Gasteiger partial charge is 0.269 e. The molecular formula is C13H17N3O3. The Bertz CT molecular complexity index is 484. The summed E-state index contributed by atoms with van der Waals surface area (Å²) in [6.45, 7) is 3.40. The van der Waals surface area contributed by atoms with E-state index >= 15 is 0 Å². The predicted octanol–water partition coefficient (Wildman–Crippen LogP) is 1.38. The van der Waals surface area contributed by atoms with Gasteiger partial charge in [0.05, 0.1) is 16.9 Å². The predicted molar refractivity (Wildman–Crippen MR) is 70.6 cm³/mol. The molecule has 1 fully saturated rings. The van der Waals surface area contributed by atoms with Crippen LogP contribution in [0.5, 0.6) is 0 Å². The van der Waals surface area contributed by atoms with Crippen LogP contribution in [0.4, 0.5) is 5.69 Å². The second-order valence-electron chi connectivity index (χ2n) is 4.77. The van der Waals surface area contributed by atoms with Gasteiger partial charge < -0.3 is 10.6 Å². The van der Waals surface area contributed by atoms with Crippen molar-refractivity contribution in [1.29, 1.82) is 0 Å². The molecule has 2 unspecified atom stereocenters. The summed E-state index contributed by atoms with van der Waals surface area (Å²) in [5, 5.41) is 16.8. The van der Waals surface area contributed by atoms with Gasteiger partial charge in [-0.2, -0.15) is 0 Å². The maximum absolute atomic E-state index is 12.0. The van der Waals surface area contributed by atoms with E-state index in [1.165, 1.54) is 12.1 Å². The van der Waals surface area contributed by atoms with Crippen molar-refractivity contribution in [3.63, 3.8) is 0 Å². The summed E-state index contributed by atoms with van der Waals surface area (Å²) in [7, 11) is 0. The van der Waals surface area contributed by atoms with Gasteiger partial charge in [0.15, 0.2) is 0 Å². The normalized spacial score (nSPS) is 19.9. The van der Waals surface area contributed by atoms with Crippen molar-refractivity contribution >= 4 is 11.6 Å². The average Bonchev–Trinajstić information content (AvgIpc) is 2.92.